The minimum Gasteiger partial charge on any atom is -0.480 e. The zero-order valence-corrected chi connectivity index (χ0v) is 11.4. The van der Waals surface area contributed by atoms with E-state index < -0.39 is 18.0 Å². The van der Waals surface area contributed by atoms with Crippen molar-refractivity contribution in [1.29, 1.82) is 5.26 Å². The third kappa shape index (κ3) is 4.61. The van der Waals surface area contributed by atoms with Crippen LogP contribution in [0.25, 0.3) is 0 Å². The van der Waals surface area contributed by atoms with Gasteiger partial charge in [0.1, 0.15) is 6.04 Å². The van der Waals surface area contributed by atoms with Crippen molar-refractivity contribution in [2.45, 2.75) is 26.3 Å². The van der Waals surface area contributed by atoms with E-state index in [0.29, 0.717) is 12.1 Å². The molecular formula is C14H17N3O3. The first kappa shape index (κ1) is 15.5. The lowest BCUT2D eigenvalue weighted by Gasteiger charge is -2.18. The van der Waals surface area contributed by atoms with Crippen LogP contribution in [0.3, 0.4) is 0 Å². The van der Waals surface area contributed by atoms with Gasteiger partial charge in [-0.05, 0) is 23.6 Å². The Hall–Kier alpha value is -2.55. The van der Waals surface area contributed by atoms with Crippen LogP contribution >= 0.6 is 0 Å². The van der Waals surface area contributed by atoms with Crippen LogP contribution in [0.1, 0.15) is 19.4 Å². The fourth-order valence-corrected chi connectivity index (χ4v) is 1.62. The molecule has 0 saturated heterocycles. The highest BCUT2D eigenvalue weighted by atomic mass is 16.4. The number of rotatable bonds is 5. The van der Waals surface area contributed by atoms with Crippen LogP contribution in [-0.4, -0.2) is 23.1 Å². The molecule has 0 aromatic heterocycles. The van der Waals surface area contributed by atoms with E-state index in [1.807, 2.05) is 6.07 Å². The number of amides is 2. The maximum absolute atomic E-state index is 11.7. The Morgan fingerprint density at radius 2 is 1.90 bits per heavy atom. The summed E-state index contributed by atoms with van der Waals surface area (Å²) in [5, 5.41) is 22.5. The van der Waals surface area contributed by atoms with E-state index in [4.69, 9.17) is 10.4 Å². The predicted octanol–water partition coefficient (Wildman–Crippen LogP) is 1.98. The first-order chi connectivity index (χ1) is 9.43. The molecule has 1 atom stereocenters. The average Bonchev–Trinajstić information content (AvgIpc) is 2.38. The van der Waals surface area contributed by atoms with Crippen molar-refractivity contribution >= 4 is 17.7 Å². The Labute approximate surface area is 117 Å². The number of urea groups is 1. The van der Waals surface area contributed by atoms with E-state index >= 15 is 0 Å². The van der Waals surface area contributed by atoms with Crippen molar-refractivity contribution in [3.8, 4) is 6.07 Å². The van der Waals surface area contributed by atoms with E-state index in [9.17, 15) is 9.59 Å². The van der Waals surface area contributed by atoms with Gasteiger partial charge in [-0.2, -0.15) is 5.26 Å². The Morgan fingerprint density at radius 1 is 1.30 bits per heavy atom. The molecule has 0 heterocycles. The van der Waals surface area contributed by atoms with E-state index in [1.54, 1.807) is 38.1 Å². The van der Waals surface area contributed by atoms with Crippen molar-refractivity contribution < 1.29 is 14.7 Å². The number of nitriles is 1. The fraction of sp³-hybridized carbons (Fsp3) is 0.357. The standard InChI is InChI=1S/C14H17N3O3/c1-9(2)12(13(18)19)17-14(20)16-11-5-3-10(4-6-11)7-8-15/h3-6,9,12H,7H2,1-2H3,(H,18,19)(H2,16,17,20)/t12-/m0/s1. The van der Waals surface area contributed by atoms with Crippen molar-refractivity contribution in [3.63, 3.8) is 0 Å². The minimum atomic E-state index is -1.07. The molecule has 1 aromatic carbocycles. The molecule has 0 aliphatic heterocycles. The maximum Gasteiger partial charge on any atom is 0.326 e. The lowest BCUT2D eigenvalue weighted by Crippen LogP contribution is -2.46. The molecule has 0 aliphatic rings. The van der Waals surface area contributed by atoms with Crippen LogP contribution in [0.4, 0.5) is 10.5 Å². The van der Waals surface area contributed by atoms with Gasteiger partial charge < -0.3 is 15.7 Å². The summed E-state index contributed by atoms with van der Waals surface area (Å²) in [5.74, 6) is -1.28. The Bertz CT molecular complexity index is 517. The number of anilines is 1. The largest absolute Gasteiger partial charge is 0.480 e. The Morgan fingerprint density at radius 3 is 2.35 bits per heavy atom. The van der Waals surface area contributed by atoms with Crippen molar-refractivity contribution in [1.82, 2.24) is 5.32 Å². The number of hydrogen-bond donors (Lipinski definition) is 3. The molecule has 2 amide bonds. The summed E-state index contributed by atoms with van der Waals surface area (Å²) in [4.78, 5) is 22.7. The lowest BCUT2D eigenvalue weighted by atomic mass is 10.1. The van der Waals surface area contributed by atoms with Gasteiger partial charge in [0.15, 0.2) is 0 Å². The molecule has 20 heavy (non-hydrogen) atoms. The fourth-order valence-electron chi connectivity index (χ4n) is 1.62. The van der Waals surface area contributed by atoms with Crippen molar-refractivity contribution in [2.24, 2.45) is 5.92 Å². The molecule has 0 aliphatic carbocycles. The summed E-state index contributed by atoms with van der Waals surface area (Å²) in [5.41, 5.74) is 1.39. The number of carbonyl (C=O) groups is 2. The molecule has 1 rings (SSSR count). The van der Waals surface area contributed by atoms with Gasteiger partial charge in [0.05, 0.1) is 12.5 Å². The van der Waals surface area contributed by atoms with Crippen LogP contribution in [0.5, 0.6) is 0 Å². The zero-order valence-electron chi connectivity index (χ0n) is 11.4. The summed E-state index contributed by atoms with van der Waals surface area (Å²) in [7, 11) is 0. The summed E-state index contributed by atoms with van der Waals surface area (Å²) in [6, 6.07) is 7.32. The van der Waals surface area contributed by atoms with Gasteiger partial charge >= 0.3 is 12.0 Å². The summed E-state index contributed by atoms with van der Waals surface area (Å²) < 4.78 is 0. The second kappa shape index (κ2) is 7.14. The summed E-state index contributed by atoms with van der Waals surface area (Å²) in [6.07, 6.45) is 0.306. The number of aliphatic carboxylic acids is 1. The number of carboxylic acids is 1. The summed E-state index contributed by atoms with van der Waals surface area (Å²) >= 11 is 0. The second-order valence-corrected chi connectivity index (χ2v) is 4.69. The van der Waals surface area contributed by atoms with Gasteiger partial charge in [0.25, 0.3) is 0 Å². The SMILES string of the molecule is CC(C)[C@H](NC(=O)Nc1ccc(CC#N)cc1)C(=O)O. The molecular weight excluding hydrogens is 258 g/mol. The lowest BCUT2D eigenvalue weighted by molar-refractivity contribution is -0.140. The van der Waals surface area contributed by atoms with Gasteiger partial charge in [-0.3, -0.25) is 0 Å². The molecule has 0 fully saturated rings. The smallest absolute Gasteiger partial charge is 0.326 e. The predicted molar refractivity (Wildman–Crippen MR) is 74.2 cm³/mol. The molecule has 6 nitrogen and oxygen atoms in total. The van der Waals surface area contributed by atoms with E-state index in [0.717, 1.165) is 5.56 Å². The van der Waals surface area contributed by atoms with E-state index in [1.165, 1.54) is 0 Å². The number of hydrogen-bond acceptors (Lipinski definition) is 3. The molecule has 6 heteroatoms. The third-order valence-corrected chi connectivity index (χ3v) is 2.71. The first-order valence-corrected chi connectivity index (χ1v) is 6.20. The van der Waals surface area contributed by atoms with E-state index in [-0.39, 0.29) is 5.92 Å². The quantitative estimate of drug-likeness (QED) is 0.764. The van der Waals surface area contributed by atoms with Crippen molar-refractivity contribution in [2.75, 3.05) is 5.32 Å². The van der Waals surface area contributed by atoms with Crippen LogP contribution in [0.2, 0.25) is 0 Å². The Balaban J connectivity index is 2.62. The van der Waals surface area contributed by atoms with Gasteiger partial charge in [-0.15, -0.1) is 0 Å². The van der Waals surface area contributed by atoms with Crippen molar-refractivity contribution in [3.05, 3.63) is 29.8 Å². The average molecular weight is 275 g/mol. The number of nitrogens with one attached hydrogen (secondary N) is 2. The van der Waals surface area contributed by atoms with Gasteiger partial charge in [0.2, 0.25) is 0 Å². The van der Waals surface area contributed by atoms with Gasteiger partial charge in [-0.1, -0.05) is 26.0 Å². The highest BCUT2D eigenvalue weighted by molar-refractivity contribution is 5.92. The van der Waals surface area contributed by atoms with Crippen LogP contribution in [0.15, 0.2) is 24.3 Å². The highest BCUT2D eigenvalue weighted by Gasteiger charge is 2.23. The van der Waals surface area contributed by atoms with Crippen LogP contribution < -0.4 is 10.6 Å². The molecule has 3 N–H and O–H groups in total. The summed E-state index contributed by atoms with van der Waals surface area (Å²) in [6.45, 7) is 3.44. The normalized spacial score (nSPS) is 11.5. The third-order valence-electron chi connectivity index (χ3n) is 2.71. The molecule has 0 bridgehead atoms. The Kier molecular flexibility index (Phi) is 5.54. The molecule has 0 spiro atoms. The molecule has 1 aromatic rings. The maximum atomic E-state index is 11.7. The monoisotopic (exact) mass is 275 g/mol. The van der Waals surface area contributed by atoms with Crippen LogP contribution in [0, 0.1) is 17.2 Å². The molecule has 0 saturated carbocycles. The van der Waals surface area contributed by atoms with E-state index in [2.05, 4.69) is 10.6 Å². The highest BCUT2D eigenvalue weighted by Crippen LogP contribution is 2.10. The number of carboxylic acid groups (broad SMARTS) is 1. The second-order valence-electron chi connectivity index (χ2n) is 4.69. The molecule has 106 valence electrons. The zero-order chi connectivity index (χ0) is 15.1. The molecule has 0 radical (unpaired) electrons. The number of carbonyl (C=O) groups excluding carboxylic acids is 1. The minimum absolute atomic E-state index is 0.212. The number of nitrogens with zero attached hydrogens (tertiary/aromatic N) is 1. The topological polar surface area (TPSA) is 102 Å². The molecule has 0 unspecified atom stereocenters. The van der Waals surface area contributed by atoms with Crippen LogP contribution in [-0.2, 0) is 11.2 Å². The number of benzene rings is 1. The first-order valence-electron chi connectivity index (χ1n) is 6.20. The van der Waals surface area contributed by atoms with Gasteiger partial charge in [-0.25, -0.2) is 9.59 Å². The van der Waals surface area contributed by atoms with Gasteiger partial charge in [0, 0.05) is 5.69 Å².